The predicted molar refractivity (Wildman–Crippen MR) is 392 cm³/mol. The van der Waals surface area contributed by atoms with Crippen LogP contribution in [0.3, 0.4) is 0 Å². The van der Waals surface area contributed by atoms with E-state index in [4.69, 9.17) is 14.2 Å². The summed E-state index contributed by atoms with van der Waals surface area (Å²) >= 11 is 0. The highest BCUT2D eigenvalue weighted by Gasteiger charge is 2.64. The molecule has 0 aliphatic heterocycles. The zero-order chi connectivity index (χ0) is 82.7. The number of hydrogen-bond acceptors (Lipinski definition) is 18. The van der Waals surface area contributed by atoms with Crippen molar-refractivity contribution < 1.29 is 127 Å². The van der Waals surface area contributed by atoms with E-state index in [0.717, 1.165) is 56.8 Å². The van der Waals surface area contributed by atoms with Crippen molar-refractivity contribution in [3.8, 4) is 5.75 Å². The van der Waals surface area contributed by atoms with Crippen molar-refractivity contribution in [2.24, 2.45) is 16.7 Å². The Hall–Kier alpha value is -7.75. The lowest BCUT2D eigenvalue weighted by Gasteiger charge is -2.36. The lowest BCUT2D eigenvalue weighted by atomic mass is 9.82. The number of rotatable bonds is 31. The summed E-state index contributed by atoms with van der Waals surface area (Å²) in [4.78, 5) is 66.1. The van der Waals surface area contributed by atoms with Gasteiger partial charge in [-0.3, -0.25) is 19.2 Å². The van der Waals surface area contributed by atoms with Crippen molar-refractivity contribution in [2.45, 2.75) is 234 Å². The van der Waals surface area contributed by atoms with Gasteiger partial charge in [-0.15, -0.1) is 0 Å². The SMILES string of the molecule is CC(OCCC1CCCCC1)Oc1ccc([S+](c2ccccc2)c2ccccc2)cc1.CCC(C)(C)C(=O)OCCC(=O)OC(C(F)(F)F)C(F)(F)S(=O)(=O)[O-].CCC(C)(C)C(=O)OCCC(=O)OC(C(F)(F)F)C(F)(F)S(=O)(=O)[O-].CCC1(OC(=O)c2ccc([S+](c3ccccc3)c3ccccc3)cc2)CCCCC1. The van der Waals surface area contributed by atoms with Crippen LogP contribution in [0.15, 0.2) is 199 Å². The van der Waals surface area contributed by atoms with E-state index in [9.17, 15) is 93.8 Å². The molecule has 6 aromatic rings. The highest BCUT2D eigenvalue weighted by molar-refractivity contribution is 7.97. The first-order valence-corrected chi connectivity index (χ1v) is 41.1. The maximum absolute atomic E-state index is 13.1. The van der Waals surface area contributed by atoms with Crippen LogP contribution in [0.1, 0.15) is 168 Å². The van der Waals surface area contributed by atoms with Gasteiger partial charge in [-0.05, 0) is 189 Å². The highest BCUT2D eigenvalue weighted by atomic mass is 32.2. The molecular formula is C79H94F10O18S4. The summed E-state index contributed by atoms with van der Waals surface area (Å²) in [6.45, 7) is 12.6. The van der Waals surface area contributed by atoms with Gasteiger partial charge in [0.05, 0.1) is 57.6 Å². The average molecular weight is 1650 g/mol. The molecule has 8 rings (SSSR count). The van der Waals surface area contributed by atoms with Gasteiger partial charge in [0.25, 0.3) is 12.2 Å². The summed E-state index contributed by atoms with van der Waals surface area (Å²) in [7, 11) is -13.8. The second-order valence-corrected chi connectivity index (χ2v) is 34.3. The molecule has 18 nitrogen and oxygen atoms in total. The largest absolute Gasteiger partial charge is 0.743 e. The molecule has 0 bridgehead atoms. The van der Waals surface area contributed by atoms with Gasteiger partial charge >= 0.3 is 52.7 Å². The first-order chi connectivity index (χ1) is 51.9. The Bertz CT molecular complexity index is 3910. The molecular weight excluding hydrogens is 1560 g/mol. The standard InChI is InChI=1S/C28H33O2S.C27H29O2S.2C12H17F5O7S/c1-23(29-22-21-24-11-5-2-6-12-24)30-25-17-19-28(20-18-25)31(26-13-7-3-8-14-26)27-15-9-4-10-16-27;1-2-27(20-10-5-11-21-27)29-26(28)22-16-18-25(19-17-22)30(23-12-6-3-7-13-23)24-14-8-4-9-15-24;2*1-4-10(2,3)9(19)23-6-5-7(18)24-8(11(13,14)15)12(16,17)25(20,21)22/h3-4,7-10,13-20,23-24H,2,5-6,11-12,21-22H2,1H3;3-4,6-9,12-19H,2,5,10-11,20-21H2,1H3;2*8H,4-6H2,1-3H3,(H,20,21,22)/q2*+1;;/p-2. The first-order valence-electron chi connectivity index (χ1n) is 35.9. The molecule has 2 aliphatic carbocycles. The third kappa shape index (κ3) is 29.0. The second-order valence-electron chi connectivity index (χ2n) is 27.3. The number of halogens is 10. The van der Waals surface area contributed by atoms with Gasteiger partial charge in [-0.1, -0.05) is 132 Å². The van der Waals surface area contributed by atoms with E-state index < -0.39 is 116 Å². The number of ether oxygens (including phenoxy) is 7. The molecule has 2 saturated carbocycles. The number of esters is 5. The van der Waals surface area contributed by atoms with Crippen molar-refractivity contribution in [3.05, 3.63) is 175 Å². The van der Waals surface area contributed by atoms with Gasteiger partial charge in [0.1, 0.15) is 24.6 Å². The van der Waals surface area contributed by atoms with Crippen LogP contribution in [0.2, 0.25) is 0 Å². The second kappa shape index (κ2) is 42.4. The number of hydrogen-bond donors (Lipinski definition) is 0. The highest BCUT2D eigenvalue weighted by Crippen LogP contribution is 2.42. The van der Waals surface area contributed by atoms with Gasteiger partial charge in [0.2, 0.25) is 0 Å². The minimum atomic E-state index is -6.75. The number of carbonyl (C=O) groups excluding carboxylic acids is 5. The molecule has 0 N–H and O–H groups in total. The summed E-state index contributed by atoms with van der Waals surface area (Å²) in [5.41, 5.74) is -1.52. The molecule has 3 unspecified atom stereocenters. The topological polar surface area (TPSA) is 264 Å². The quantitative estimate of drug-likeness (QED) is 0.00977. The van der Waals surface area contributed by atoms with Gasteiger partial charge in [-0.25, -0.2) is 21.6 Å². The van der Waals surface area contributed by atoms with Gasteiger partial charge < -0.3 is 42.3 Å². The van der Waals surface area contributed by atoms with E-state index in [1.165, 1.54) is 95.6 Å². The molecule has 0 aromatic heterocycles. The van der Waals surface area contributed by atoms with Crippen molar-refractivity contribution >= 4 is 71.9 Å². The minimum absolute atomic E-state index is 0.130. The fraction of sp³-hybridized carbons (Fsp3) is 0.481. The lowest BCUT2D eigenvalue weighted by molar-refractivity contribution is -0.259. The van der Waals surface area contributed by atoms with Crippen molar-refractivity contribution in [1.82, 2.24) is 0 Å². The summed E-state index contributed by atoms with van der Waals surface area (Å²) in [6, 6.07) is 59.1. The third-order valence-electron chi connectivity index (χ3n) is 18.2. The van der Waals surface area contributed by atoms with Crippen LogP contribution in [0.25, 0.3) is 0 Å². The number of alkyl halides is 10. The molecule has 0 heterocycles. The van der Waals surface area contributed by atoms with Crippen LogP contribution in [-0.2, 0) is 89.6 Å². The maximum atomic E-state index is 13.1. The zero-order valence-corrected chi connectivity index (χ0v) is 65.9. The summed E-state index contributed by atoms with van der Waals surface area (Å²) in [6.07, 6.45) is -8.14. The molecule has 111 heavy (non-hydrogen) atoms. The normalized spacial score (nSPS) is 15.3. The van der Waals surface area contributed by atoms with Crippen LogP contribution in [0.4, 0.5) is 43.9 Å². The first kappa shape index (κ1) is 93.8. The van der Waals surface area contributed by atoms with Crippen molar-refractivity contribution in [2.75, 3.05) is 19.8 Å². The third-order valence-corrected chi connectivity index (χ3v) is 24.5. The Balaban J connectivity index is 0.000000267. The van der Waals surface area contributed by atoms with E-state index in [2.05, 4.69) is 171 Å². The fourth-order valence-electron chi connectivity index (χ4n) is 10.9. The molecule has 3 atom stereocenters. The molecule has 612 valence electrons. The van der Waals surface area contributed by atoms with Gasteiger partial charge in [0.15, 0.2) is 55.9 Å². The summed E-state index contributed by atoms with van der Waals surface area (Å²) < 4.78 is 223. The van der Waals surface area contributed by atoms with E-state index in [0.29, 0.717) is 18.4 Å². The Morgan fingerprint density at radius 1 is 0.477 bits per heavy atom. The van der Waals surface area contributed by atoms with E-state index in [1.54, 1.807) is 13.8 Å². The molecule has 2 aliphatic rings. The molecule has 0 saturated heterocycles. The Kier molecular flexibility index (Phi) is 35.8. The monoisotopic (exact) mass is 1650 g/mol. The summed E-state index contributed by atoms with van der Waals surface area (Å²) in [5, 5.41) is -11.8. The van der Waals surface area contributed by atoms with Crippen LogP contribution < -0.4 is 4.74 Å². The fourth-order valence-corrected chi connectivity index (χ4v) is 16.0. The van der Waals surface area contributed by atoms with Crippen LogP contribution in [0.5, 0.6) is 5.75 Å². The molecule has 32 heteroatoms. The van der Waals surface area contributed by atoms with Crippen molar-refractivity contribution in [3.63, 3.8) is 0 Å². The lowest BCUT2D eigenvalue weighted by Crippen LogP contribution is -2.52. The molecule has 2 fully saturated rings. The predicted octanol–water partition coefficient (Wildman–Crippen LogP) is 18.5. The molecule has 0 amide bonds. The van der Waals surface area contributed by atoms with Gasteiger partial charge in [-0.2, -0.15) is 43.9 Å². The summed E-state index contributed by atoms with van der Waals surface area (Å²) in [5.74, 6) is -3.91. The molecule has 6 aromatic carbocycles. The van der Waals surface area contributed by atoms with Crippen LogP contribution in [-0.4, -0.2) is 123 Å². The Morgan fingerprint density at radius 2 is 0.811 bits per heavy atom. The van der Waals surface area contributed by atoms with Crippen LogP contribution in [0, 0.1) is 16.7 Å². The van der Waals surface area contributed by atoms with Crippen molar-refractivity contribution in [1.29, 1.82) is 0 Å². The molecule has 0 radical (unpaired) electrons. The molecule has 0 spiro atoms. The Labute approximate surface area is 647 Å². The maximum Gasteiger partial charge on any atom is 0.432 e. The van der Waals surface area contributed by atoms with Crippen LogP contribution >= 0.6 is 0 Å². The minimum Gasteiger partial charge on any atom is -0.743 e. The number of carbonyl (C=O) groups is 5. The Morgan fingerprint density at radius 3 is 1.14 bits per heavy atom. The van der Waals surface area contributed by atoms with E-state index >= 15 is 0 Å². The van der Waals surface area contributed by atoms with E-state index in [-0.39, 0.29) is 39.7 Å². The van der Waals surface area contributed by atoms with Gasteiger partial charge in [0, 0.05) is 0 Å². The number of benzene rings is 6. The van der Waals surface area contributed by atoms with E-state index in [1.807, 2.05) is 31.2 Å². The smallest absolute Gasteiger partial charge is 0.432 e. The zero-order valence-electron chi connectivity index (χ0n) is 62.7. The average Bonchev–Trinajstić information content (AvgIpc) is 0.781.